The Balaban J connectivity index is 1.29. The molecule has 8 heteroatoms. The number of piperidine rings is 1. The average Bonchev–Trinajstić information content (AvgIpc) is 3.26. The number of halogens is 1. The van der Waals surface area contributed by atoms with Crippen LogP contribution in [0.3, 0.4) is 0 Å². The van der Waals surface area contributed by atoms with Crippen LogP contribution in [0.2, 0.25) is 5.02 Å². The number of rotatable bonds is 4. The molecule has 3 heterocycles. The molecule has 6 nitrogen and oxygen atoms in total. The van der Waals surface area contributed by atoms with Gasteiger partial charge in [-0.25, -0.2) is 0 Å². The van der Waals surface area contributed by atoms with Gasteiger partial charge in [-0.05, 0) is 42.0 Å². The van der Waals surface area contributed by atoms with E-state index in [1.54, 1.807) is 17.0 Å². The van der Waals surface area contributed by atoms with E-state index in [1.165, 1.54) is 11.3 Å². The molecular formula is C20H20ClNO5S. The van der Waals surface area contributed by atoms with Gasteiger partial charge in [0.15, 0.2) is 11.5 Å². The first kappa shape index (κ1) is 19.1. The predicted molar refractivity (Wildman–Crippen MR) is 105 cm³/mol. The maximum Gasteiger partial charge on any atom is 0.309 e. The van der Waals surface area contributed by atoms with Crippen molar-refractivity contribution >= 4 is 34.8 Å². The molecule has 0 atom stereocenters. The lowest BCUT2D eigenvalue weighted by atomic mass is 9.96. The molecule has 2 aliphatic heterocycles. The van der Waals surface area contributed by atoms with Crippen LogP contribution in [-0.2, 0) is 16.1 Å². The molecule has 0 saturated carbocycles. The fraction of sp³-hybridized carbons (Fsp3) is 0.400. The Morgan fingerprint density at radius 3 is 2.75 bits per heavy atom. The summed E-state index contributed by atoms with van der Waals surface area (Å²) in [5, 5.41) is 4.19. The van der Waals surface area contributed by atoms with Crippen LogP contribution in [-0.4, -0.2) is 43.1 Å². The minimum Gasteiger partial charge on any atom is -0.486 e. The number of hydrogen-bond acceptors (Lipinski definition) is 6. The van der Waals surface area contributed by atoms with Gasteiger partial charge >= 0.3 is 5.97 Å². The zero-order chi connectivity index (χ0) is 19.5. The van der Waals surface area contributed by atoms with Crippen LogP contribution in [0, 0.1) is 5.92 Å². The van der Waals surface area contributed by atoms with E-state index in [0.717, 1.165) is 5.56 Å². The molecule has 1 saturated heterocycles. The first-order valence-corrected chi connectivity index (χ1v) is 10.5. The average molecular weight is 422 g/mol. The van der Waals surface area contributed by atoms with Crippen molar-refractivity contribution in [2.45, 2.75) is 19.4 Å². The number of carbonyl (C=O) groups is 2. The summed E-state index contributed by atoms with van der Waals surface area (Å²) in [6.07, 6.45) is 1.22. The maximum atomic E-state index is 12.4. The largest absolute Gasteiger partial charge is 0.486 e. The van der Waals surface area contributed by atoms with E-state index in [1.807, 2.05) is 16.8 Å². The number of hydrogen-bond donors (Lipinski definition) is 0. The molecule has 0 N–H and O–H groups in total. The lowest BCUT2D eigenvalue weighted by Crippen LogP contribution is -2.40. The van der Waals surface area contributed by atoms with Gasteiger partial charge in [-0.2, -0.15) is 11.3 Å². The molecule has 1 fully saturated rings. The number of fused-ring (bicyclic) bond motifs is 1. The van der Waals surface area contributed by atoms with Crippen molar-refractivity contribution in [3.63, 3.8) is 0 Å². The summed E-state index contributed by atoms with van der Waals surface area (Å²) < 4.78 is 16.5. The van der Waals surface area contributed by atoms with Crippen LogP contribution in [0.1, 0.15) is 28.8 Å². The number of ether oxygens (including phenoxy) is 3. The summed E-state index contributed by atoms with van der Waals surface area (Å²) in [5.74, 6) is 0.697. The molecule has 2 aromatic rings. The number of esters is 1. The maximum absolute atomic E-state index is 12.4. The van der Waals surface area contributed by atoms with Crippen molar-refractivity contribution in [2.75, 3.05) is 26.3 Å². The van der Waals surface area contributed by atoms with Gasteiger partial charge in [-0.1, -0.05) is 11.6 Å². The third-order valence-electron chi connectivity index (χ3n) is 4.92. The molecule has 0 aliphatic carbocycles. The molecular weight excluding hydrogens is 402 g/mol. The zero-order valence-electron chi connectivity index (χ0n) is 15.2. The Morgan fingerprint density at radius 1 is 1.21 bits per heavy atom. The summed E-state index contributed by atoms with van der Waals surface area (Å²) in [4.78, 5) is 26.6. The summed E-state index contributed by atoms with van der Waals surface area (Å²) >= 11 is 7.72. The lowest BCUT2D eigenvalue weighted by molar-refractivity contribution is -0.151. The first-order chi connectivity index (χ1) is 13.6. The van der Waals surface area contributed by atoms with Crippen molar-refractivity contribution in [3.05, 3.63) is 45.1 Å². The highest BCUT2D eigenvalue weighted by Crippen LogP contribution is 2.38. The fourth-order valence-corrected chi connectivity index (χ4v) is 4.32. The molecule has 1 aromatic heterocycles. The van der Waals surface area contributed by atoms with Crippen LogP contribution < -0.4 is 9.47 Å². The molecule has 1 aromatic carbocycles. The van der Waals surface area contributed by atoms with E-state index < -0.39 is 0 Å². The highest BCUT2D eigenvalue weighted by molar-refractivity contribution is 7.08. The van der Waals surface area contributed by atoms with Crippen LogP contribution >= 0.6 is 22.9 Å². The lowest BCUT2D eigenvalue weighted by Gasteiger charge is -2.30. The van der Waals surface area contributed by atoms with E-state index >= 15 is 0 Å². The second kappa shape index (κ2) is 8.41. The van der Waals surface area contributed by atoms with Crippen LogP contribution in [0.25, 0.3) is 0 Å². The van der Waals surface area contributed by atoms with E-state index in [2.05, 4.69) is 0 Å². The van der Waals surface area contributed by atoms with Gasteiger partial charge < -0.3 is 19.1 Å². The molecule has 2 aliphatic rings. The van der Waals surface area contributed by atoms with Gasteiger partial charge in [-0.15, -0.1) is 0 Å². The number of likely N-dealkylation sites (tertiary alicyclic amines) is 1. The Kier molecular flexibility index (Phi) is 5.73. The SMILES string of the molecule is O=C(OCc1cc(Cl)c2c(c1)OCCO2)C1CCN(C(=O)c2ccsc2)CC1. The minimum absolute atomic E-state index is 0.0268. The molecule has 0 radical (unpaired) electrons. The van der Waals surface area contributed by atoms with E-state index in [4.69, 9.17) is 25.8 Å². The molecule has 0 spiro atoms. The second-order valence-electron chi connectivity index (χ2n) is 6.79. The van der Waals surface area contributed by atoms with Gasteiger partial charge in [0.1, 0.15) is 19.8 Å². The molecule has 28 heavy (non-hydrogen) atoms. The Hall–Kier alpha value is -2.25. The third-order valence-corrected chi connectivity index (χ3v) is 5.89. The van der Waals surface area contributed by atoms with Crippen molar-refractivity contribution in [1.29, 1.82) is 0 Å². The minimum atomic E-state index is -0.242. The normalized spacial score (nSPS) is 16.7. The Bertz CT molecular complexity index is 862. The number of thiophene rings is 1. The zero-order valence-corrected chi connectivity index (χ0v) is 16.8. The predicted octanol–water partition coefficient (Wildman–Crippen LogP) is 3.77. The number of amides is 1. The Labute approximate surface area is 171 Å². The summed E-state index contributed by atoms with van der Waals surface area (Å²) in [6, 6.07) is 5.34. The number of nitrogens with zero attached hydrogens (tertiary/aromatic N) is 1. The molecule has 4 rings (SSSR count). The summed E-state index contributed by atoms with van der Waals surface area (Å²) in [6.45, 7) is 2.18. The number of benzene rings is 1. The van der Waals surface area contributed by atoms with Crippen LogP contribution in [0.15, 0.2) is 29.0 Å². The highest BCUT2D eigenvalue weighted by atomic mass is 35.5. The molecule has 0 bridgehead atoms. The van der Waals surface area contributed by atoms with Crippen LogP contribution in [0.4, 0.5) is 0 Å². The second-order valence-corrected chi connectivity index (χ2v) is 7.98. The molecule has 0 unspecified atom stereocenters. The monoisotopic (exact) mass is 421 g/mol. The third kappa shape index (κ3) is 4.10. The fourth-order valence-electron chi connectivity index (χ4n) is 3.41. The van der Waals surface area contributed by atoms with Crippen LogP contribution in [0.5, 0.6) is 11.5 Å². The van der Waals surface area contributed by atoms with Gasteiger partial charge in [-0.3, -0.25) is 9.59 Å². The van der Waals surface area contributed by atoms with E-state index in [-0.39, 0.29) is 24.4 Å². The van der Waals surface area contributed by atoms with Gasteiger partial charge in [0.25, 0.3) is 5.91 Å². The van der Waals surface area contributed by atoms with Crippen molar-refractivity contribution in [3.8, 4) is 11.5 Å². The highest BCUT2D eigenvalue weighted by Gasteiger charge is 2.29. The van der Waals surface area contributed by atoms with Crippen molar-refractivity contribution in [1.82, 2.24) is 4.90 Å². The standard InChI is InChI=1S/C20H20ClNO5S/c21-16-9-13(10-17-18(16)26-7-6-25-17)11-27-20(24)14-1-4-22(5-2-14)19(23)15-3-8-28-12-15/h3,8-10,12,14H,1-2,4-7,11H2. The Morgan fingerprint density at radius 2 is 2.00 bits per heavy atom. The van der Waals surface area contributed by atoms with Gasteiger partial charge in [0.05, 0.1) is 16.5 Å². The summed E-state index contributed by atoms with van der Waals surface area (Å²) in [7, 11) is 0. The topological polar surface area (TPSA) is 65.1 Å². The quantitative estimate of drug-likeness (QED) is 0.703. The van der Waals surface area contributed by atoms with Crippen molar-refractivity contribution in [2.24, 2.45) is 5.92 Å². The van der Waals surface area contributed by atoms with Crippen molar-refractivity contribution < 1.29 is 23.8 Å². The van der Waals surface area contributed by atoms with Gasteiger partial charge in [0, 0.05) is 18.5 Å². The van der Waals surface area contributed by atoms with E-state index in [0.29, 0.717) is 61.2 Å². The van der Waals surface area contributed by atoms with Gasteiger partial charge in [0.2, 0.25) is 0 Å². The summed E-state index contributed by atoms with van der Waals surface area (Å²) in [5.41, 5.74) is 1.47. The van der Waals surface area contributed by atoms with E-state index in [9.17, 15) is 9.59 Å². The molecule has 1 amide bonds. The molecule has 148 valence electrons. The first-order valence-electron chi connectivity index (χ1n) is 9.18. The smallest absolute Gasteiger partial charge is 0.309 e. The number of carbonyl (C=O) groups excluding carboxylic acids is 2.